The summed E-state index contributed by atoms with van der Waals surface area (Å²) in [5.74, 6) is 0. The molecule has 0 aliphatic heterocycles. The number of nitrogens with zero attached hydrogens (tertiary/aromatic N) is 2. The van der Waals surface area contributed by atoms with Crippen molar-refractivity contribution in [2.24, 2.45) is 0 Å². The highest BCUT2D eigenvalue weighted by molar-refractivity contribution is 7.89. The van der Waals surface area contributed by atoms with E-state index in [1.165, 1.54) is 4.68 Å². The van der Waals surface area contributed by atoms with E-state index in [9.17, 15) is 8.42 Å². The van der Waals surface area contributed by atoms with E-state index in [0.717, 1.165) is 0 Å². The van der Waals surface area contributed by atoms with E-state index in [1.54, 1.807) is 13.8 Å². The summed E-state index contributed by atoms with van der Waals surface area (Å²) in [5.41, 5.74) is 0.493. The Hall–Kier alpha value is -0.920. The van der Waals surface area contributed by atoms with Crippen LogP contribution in [0.4, 0.5) is 0 Å². The summed E-state index contributed by atoms with van der Waals surface area (Å²) in [6, 6.07) is 0. The van der Waals surface area contributed by atoms with Crippen LogP contribution in [0.15, 0.2) is 4.90 Å². The molecule has 0 bridgehead atoms. The van der Waals surface area contributed by atoms with Gasteiger partial charge in [0, 0.05) is 5.54 Å². The first-order chi connectivity index (χ1) is 8.64. The smallest absolute Gasteiger partial charge is 0.244 e. The number of hydrogen-bond donors (Lipinski definition) is 2. The van der Waals surface area contributed by atoms with Gasteiger partial charge in [0.1, 0.15) is 4.90 Å². The van der Waals surface area contributed by atoms with E-state index in [0.29, 0.717) is 24.4 Å². The number of sulfonamides is 1. The second kappa shape index (κ2) is 5.60. The molecule has 0 saturated heterocycles. The standard InChI is InChI=1S/C12H23N3O3S/c1-6-12(4,5)14-19(17,18)11-9(2)13-15(7-8-16)10(11)3/h14,16H,6-8H2,1-5H3. The number of rotatable bonds is 6. The Morgan fingerprint density at radius 3 is 2.42 bits per heavy atom. The normalized spacial score (nSPS) is 12.9. The molecule has 0 radical (unpaired) electrons. The molecule has 1 rings (SSSR count). The van der Waals surface area contributed by atoms with Crippen molar-refractivity contribution in [1.29, 1.82) is 0 Å². The summed E-state index contributed by atoms with van der Waals surface area (Å²) in [6.07, 6.45) is 0.690. The van der Waals surface area contributed by atoms with Gasteiger partial charge in [-0.25, -0.2) is 13.1 Å². The van der Waals surface area contributed by atoms with Crippen molar-refractivity contribution in [3.8, 4) is 0 Å². The van der Waals surface area contributed by atoms with Gasteiger partial charge in [0.2, 0.25) is 10.0 Å². The van der Waals surface area contributed by atoms with Crippen LogP contribution in [0, 0.1) is 13.8 Å². The van der Waals surface area contributed by atoms with Crippen LogP contribution in [0.1, 0.15) is 38.6 Å². The third kappa shape index (κ3) is 3.55. The highest BCUT2D eigenvalue weighted by atomic mass is 32.2. The number of nitrogens with one attached hydrogen (secondary N) is 1. The highest BCUT2D eigenvalue weighted by Crippen LogP contribution is 2.22. The number of aryl methyl sites for hydroxylation is 1. The average molecular weight is 289 g/mol. The summed E-state index contributed by atoms with van der Waals surface area (Å²) in [7, 11) is -3.60. The quantitative estimate of drug-likeness (QED) is 0.817. The Morgan fingerprint density at radius 2 is 1.95 bits per heavy atom. The minimum atomic E-state index is -3.60. The van der Waals surface area contributed by atoms with Gasteiger partial charge < -0.3 is 5.11 Å². The monoisotopic (exact) mass is 289 g/mol. The molecule has 0 unspecified atom stereocenters. The van der Waals surface area contributed by atoms with Crippen molar-refractivity contribution in [1.82, 2.24) is 14.5 Å². The second-order valence-electron chi connectivity index (χ2n) is 5.29. The van der Waals surface area contributed by atoms with Crippen LogP contribution >= 0.6 is 0 Å². The van der Waals surface area contributed by atoms with Gasteiger partial charge in [0.15, 0.2) is 0 Å². The van der Waals surface area contributed by atoms with Crippen molar-refractivity contribution in [2.75, 3.05) is 6.61 Å². The number of aromatic nitrogens is 2. The maximum atomic E-state index is 12.4. The molecule has 0 fully saturated rings. The van der Waals surface area contributed by atoms with Gasteiger partial charge in [-0.15, -0.1) is 0 Å². The molecular formula is C12H23N3O3S. The molecule has 1 heterocycles. The molecule has 7 heteroatoms. The zero-order valence-electron chi connectivity index (χ0n) is 12.2. The zero-order valence-corrected chi connectivity index (χ0v) is 13.0. The lowest BCUT2D eigenvalue weighted by atomic mass is 10.0. The molecule has 19 heavy (non-hydrogen) atoms. The molecule has 0 aliphatic carbocycles. The highest BCUT2D eigenvalue weighted by Gasteiger charge is 2.29. The molecule has 0 aromatic carbocycles. The van der Waals surface area contributed by atoms with E-state index in [-0.39, 0.29) is 11.5 Å². The molecule has 6 nitrogen and oxygen atoms in total. The molecule has 1 aromatic heterocycles. The molecule has 110 valence electrons. The predicted molar refractivity (Wildman–Crippen MR) is 73.5 cm³/mol. The molecule has 0 amide bonds. The fourth-order valence-corrected chi connectivity index (χ4v) is 3.77. The lowest BCUT2D eigenvalue weighted by Crippen LogP contribution is -2.43. The Bertz CT molecular complexity index is 547. The van der Waals surface area contributed by atoms with Crippen molar-refractivity contribution in [2.45, 2.75) is 58.0 Å². The Morgan fingerprint density at radius 1 is 1.37 bits per heavy atom. The number of aliphatic hydroxyl groups excluding tert-OH is 1. The Labute approximate surface area is 114 Å². The minimum absolute atomic E-state index is 0.0741. The third-order valence-electron chi connectivity index (χ3n) is 3.19. The molecule has 0 atom stereocenters. The van der Waals surface area contributed by atoms with Gasteiger partial charge in [-0.05, 0) is 34.1 Å². The molecule has 0 aliphatic rings. The van der Waals surface area contributed by atoms with Crippen molar-refractivity contribution < 1.29 is 13.5 Å². The van der Waals surface area contributed by atoms with Crippen molar-refractivity contribution in [3.05, 3.63) is 11.4 Å². The third-order valence-corrected chi connectivity index (χ3v) is 5.14. The first-order valence-corrected chi connectivity index (χ1v) is 7.82. The first-order valence-electron chi connectivity index (χ1n) is 6.33. The molecular weight excluding hydrogens is 266 g/mol. The number of aliphatic hydroxyl groups is 1. The van der Waals surface area contributed by atoms with Crippen molar-refractivity contribution >= 4 is 10.0 Å². The van der Waals surface area contributed by atoms with E-state index in [4.69, 9.17) is 5.11 Å². The summed E-state index contributed by atoms with van der Waals surface area (Å²) < 4.78 is 29.1. The maximum Gasteiger partial charge on any atom is 0.244 e. The second-order valence-corrected chi connectivity index (χ2v) is 6.91. The van der Waals surface area contributed by atoms with Crippen LogP contribution in [0.25, 0.3) is 0 Å². The minimum Gasteiger partial charge on any atom is -0.394 e. The van der Waals surface area contributed by atoms with Crippen LogP contribution in [0.3, 0.4) is 0 Å². The van der Waals surface area contributed by atoms with Gasteiger partial charge in [-0.1, -0.05) is 6.92 Å². The van der Waals surface area contributed by atoms with Crippen LogP contribution in [-0.4, -0.2) is 35.5 Å². The van der Waals surface area contributed by atoms with E-state index < -0.39 is 15.6 Å². The summed E-state index contributed by atoms with van der Waals surface area (Å²) in [6.45, 7) is 9.18. The van der Waals surface area contributed by atoms with Gasteiger partial charge in [-0.2, -0.15) is 5.10 Å². The molecule has 1 aromatic rings. The van der Waals surface area contributed by atoms with E-state index in [2.05, 4.69) is 9.82 Å². The Balaban J connectivity index is 3.22. The lowest BCUT2D eigenvalue weighted by Gasteiger charge is -2.24. The fourth-order valence-electron chi connectivity index (χ4n) is 1.87. The average Bonchev–Trinajstić information content (AvgIpc) is 2.53. The van der Waals surface area contributed by atoms with Crippen molar-refractivity contribution in [3.63, 3.8) is 0 Å². The Kier molecular flexibility index (Phi) is 4.76. The largest absolute Gasteiger partial charge is 0.394 e. The summed E-state index contributed by atoms with van der Waals surface area (Å²) in [4.78, 5) is 0.211. The van der Waals surface area contributed by atoms with Crippen LogP contribution in [0.2, 0.25) is 0 Å². The van der Waals surface area contributed by atoms with E-state index in [1.807, 2.05) is 20.8 Å². The van der Waals surface area contributed by atoms with Gasteiger partial charge >= 0.3 is 0 Å². The first kappa shape index (κ1) is 16.1. The van der Waals surface area contributed by atoms with Crippen LogP contribution in [-0.2, 0) is 16.6 Å². The topological polar surface area (TPSA) is 84.2 Å². The summed E-state index contributed by atoms with van der Waals surface area (Å²) in [5, 5.41) is 13.1. The van der Waals surface area contributed by atoms with Gasteiger partial charge in [-0.3, -0.25) is 4.68 Å². The van der Waals surface area contributed by atoms with Gasteiger partial charge in [0.05, 0.1) is 24.5 Å². The SMILES string of the molecule is CCC(C)(C)NS(=O)(=O)c1c(C)nn(CCO)c1C. The molecule has 0 spiro atoms. The van der Waals surface area contributed by atoms with E-state index >= 15 is 0 Å². The van der Waals surface area contributed by atoms with Crippen LogP contribution in [0.5, 0.6) is 0 Å². The van der Waals surface area contributed by atoms with Gasteiger partial charge in [0.25, 0.3) is 0 Å². The lowest BCUT2D eigenvalue weighted by molar-refractivity contribution is 0.267. The molecule has 2 N–H and O–H groups in total. The summed E-state index contributed by atoms with van der Waals surface area (Å²) >= 11 is 0. The molecule has 0 saturated carbocycles. The predicted octanol–water partition coefficient (Wildman–Crippen LogP) is 0.959. The fraction of sp³-hybridized carbons (Fsp3) is 0.750. The maximum absolute atomic E-state index is 12.4. The zero-order chi connectivity index (χ0) is 14.8. The van der Waals surface area contributed by atoms with Crippen LogP contribution < -0.4 is 4.72 Å². The number of hydrogen-bond acceptors (Lipinski definition) is 4.